The first-order valence-corrected chi connectivity index (χ1v) is 7.55. The first-order valence-electron chi connectivity index (χ1n) is 7.18. The summed E-state index contributed by atoms with van der Waals surface area (Å²) in [6.07, 6.45) is 1.56. The second-order valence-corrected chi connectivity index (χ2v) is 5.74. The van der Waals surface area contributed by atoms with Crippen molar-refractivity contribution in [3.05, 3.63) is 59.5 Å². The van der Waals surface area contributed by atoms with Crippen LogP contribution in [0.3, 0.4) is 0 Å². The molecule has 0 N–H and O–H groups in total. The Kier molecular flexibility index (Phi) is 4.41. The zero-order valence-electron chi connectivity index (χ0n) is 12.7. The Morgan fingerprint density at radius 3 is 2.70 bits per heavy atom. The molecule has 0 atom stereocenters. The third-order valence-corrected chi connectivity index (χ3v) is 3.27. The van der Waals surface area contributed by atoms with Crippen molar-refractivity contribution < 1.29 is 9.23 Å². The molecule has 6 heteroatoms. The molecular weight excluding hydrogens is 317 g/mol. The fraction of sp³-hybridized carbons (Fsp3) is 0.176. The fourth-order valence-electron chi connectivity index (χ4n) is 2.15. The van der Waals surface area contributed by atoms with Crippen LogP contribution in [0, 0.1) is 5.82 Å². The van der Waals surface area contributed by atoms with Gasteiger partial charge in [0.25, 0.3) is 5.95 Å². The Bertz CT molecular complexity index is 821. The number of para-hydroxylation sites is 1. The predicted molar refractivity (Wildman–Crippen MR) is 89.3 cm³/mol. The molecule has 0 radical (unpaired) electrons. The molecule has 0 spiro atoms. The van der Waals surface area contributed by atoms with Crippen LogP contribution in [-0.4, -0.2) is 16.1 Å². The van der Waals surface area contributed by atoms with Crippen molar-refractivity contribution >= 4 is 34.1 Å². The Labute approximate surface area is 138 Å². The summed E-state index contributed by atoms with van der Waals surface area (Å²) in [5.74, 6) is -0.135. The molecule has 0 bridgehead atoms. The Morgan fingerprint density at radius 2 is 1.96 bits per heavy atom. The van der Waals surface area contributed by atoms with Crippen molar-refractivity contribution in [2.24, 2.45) is 0 Å². The van der Waals surface area contributed by atoms with Crippen LogP contribution in [0.15, 0.2) is 48.7 Å². The molecular formula is C17H15ClFN3O. The molecule has 0 aliphatic rings. The van der Waals surface area contributed by atoms with E-state index in [0.717, 1.165) is 10.9 Å². The van der Waals surface area contributed by atoms with Crippen molar-refractivity contribution in [3.8, 4) is 0 Å². The maximum atomic E-state index is 13.7. The minimum Gasteiger partial charge on any atom is -0.263 e. The zero-order valence-corrected chi connectivity index (χ0v) is 13.5. The molecule has 0 aliphatic carbocycles. The third kappa shape index (κ3) is 3.57. The topological polar surface area (TPSA) is 38.2 Å². The van der Waals surface area contributed by atoms with Crippen molar-refractivity contribution in [1.82, 2.24) is 9.97 Å². The van der Waals surface area contributed by atoms with Crippen LogP contribution < -0.4 is 5.06 Å². The Hall–Kier alpha value is -2.24. The van der Waals surface area contributed by atoms with Gasteiger partial charge in [0.1, 0.15) is 5.82 Å². The fourth-order valence-corrected chi connectivity index (χ4v) is 2.37. The van der Waals surface area contributed by atoms with E-state index in [1.54, 1.807) is 12.3 Å². The number of aromatic nitrogens is 2. The lowest BCUT2D eigenvalue weighted by atomic mass is 10.2. The van der Waals surface area contributed by atoms with Gasteiger partial charge in [-0.25, -0.2) is 14.4 Å². The van der Waals surface area contributed by atoms with Gasteiger partial charge in [-0.2, -0.15) is 5.06 Å². The first-order chi connectivity index (χ1) is 11.0. The summed E-state index contributed by atoms with van der Waals surface area (Å²) in [6, 6.07) is 11.8. The standard InChI is InChI=1S/C17H15ClFN3O/c1-11(2)23-22(15-8-13(18)7-14(19)9-15)17-20-10-12-5-3-4-6-16(12)21-17/h3-11H,1-2H3. The average molecular weight is 332 g/mol. The highest BCUT2D eigenvalue weighted by Crippen LogP contribution is 2.28. The highest BCUT2D eigenvalue weighted by molar-refractivity contribution is 6.30. The van der Waals surface area contributed by atoms with E-state index in [-0.39, 0.29) is 11.1 Å². The van der Waals surface area contributed by atoms with Crippen LogP contribution in [0.4, 0.5) is 16.0 Å². The molecule has 0 amide bonds. The van der Waals surface area contributed by atoms with E-state index in [1.165, 1.54) is 17.2 Å². The minimum absolute atomic E-state index is 0.146. The van der Waals surface area contributed by atoms with Gasteiger partial charge in [-0.3, -0.25) is 4.84 Å². The number of benzene rings is 2. The largest absolute Gasteiger partial charge is 0.263 e. The average Bonchev–Trinajstić information content (AvgIpc) is 2.51. The number of hydrogen-bond acceptors (Lipinski definition) is 4. The molecule has 0 aliphatic heterocycles. The summed E-state index contributed by atoms with van der Waals surface area (Å²) in [6.45, 7) is 3.74. The second-order valence-electron chi connectivity index (χ2n) is 5.31. The van der Waals surface area contributed by atoms with Gasteiger partial charge >= 0.3 is 0 Å². The van der Waals surface area contributed by atoms with Crippen molar-refractivity contribution in [3.63, 3.8) is 0 Å². The van der Waals surface area contributed by atoms with Gasteiger partial charge in [0.2, 0.25) is 0 Å². The van der Waals surface area contributed by atoms with Gasteiger partial charge in [0.05, 0.1) is 17.3 Å². The van der Waals surface area contributed by atoms with E-state index in [1.807, 2.05) is 38.1 Å². The molecule has 118 valence electrons. The number of anilines is 2. The molecule has 0 saturated heterocycles. The molecule has 3 aromatic rings. The number of halogens is 2. The summed E-state index contributed by atoms with van der Waals surface area (Å²) in [5.41, 5.74) is 1.20. The molecule has 0 unspecified atom stereocenters. The molecule has 2 aromatic carbocycles. The van der Waals surface area contributed by atoms with Crippen LogP contribution >= 0.6 is 11.6 Å². The lowest BCUT2D eigenvalue weighted by Gasteiger charge is -2.24. The number of fused-ring (bicyclic) bond motifs is 1. The number of rotatable bonds is 4. The van der Waals surface area contributed by atoms with Crippen molar-refractivity contribution in [1.29, 1.82) is 0 Å². The van der Waals surface area contributed by atoms with E-state index in [2.05, 4.69) is 9.97 Å². The summed E-state index contributed by atoms with van der Waals surface area (Å²) in [4.78, 5) is 14.6. The van der Waals surface area contributed by atoms with Crippen LogP contribution in [0.2, 0.25) is 5.02 Å². The lowest BCUT2D eigenvalue weighted by Crippen LogP contribution is -2.24. The highest BCUT2D eigenvalue weighted by Gasteiger charge is 2.17. The summed E-state index contributed by atoms with van der Waals surface area (Å²) >= 11 is 5.95. The number of hydrogen-bond donors (Lipinski definition) is 0. The van der Waals surface area contributed by atoms with E-state index < -0.39 is 5.82 Å². The number of nitrogens with zero attached hydrogens (tertiary/aromatic N) is 3. The molecule has 1 heterocycles. The van der Waals surface area contributed by atoms with Gasteiger partial charge in [-0.05, 0) is 32.0 Å². The Morgan fingerprint density at radius 1 is 1.17 bits per heavy atom. The van der Waals surface area contributed by atoms with E-state index in [9.17, 15) is 4.39 Å². The highest BCUT2D eigenvalue weighted by atomic mass is 35.5. The first kappa shape index (κ1) is 15.6. The van der Waals surface area contributed by atoms with Crippen LogP contribution in [0.25, 0.3) is 10.9 Å². The van der Waals surface area contributed by atoms with Crippen LogP contribution in [0.1, 0.15) is 13.8 Å². The molecule has 3 rings (SSSR count). The van der Waals surface area contributed by atoms with Crippen molar-refractivity contribution in [2.45, 2.75) is 20.0 Å². The lowest BCUT2D eigenvalue weighted by molar-refractivity contribution is 0.0765. The molecule has 1 aromatic heterocycles. The van der Waals surface area contributed by atoms with Crippen LogP contribution in [0.5, 0.6) is 0 Å². The second kappa shape index (κ2) is 6.48. The van der Waals surface area contributed by atoms with E-state index >= 15 is 0 Å². The van der Waals surface area contributed by atoms with E-state index in [4.69, 9.17) is 16.4 Å². The molecule has 23 heavy (non-hydrogen) atoms. The van der Waals surface area contributed by atoms with E-state index in [0.29, 0.717) is 11.6 Å². The normalized spacial score (nSPS) is 11.2. The quantitative estimate of drug-likeness (QED) is 0.637. The van der Waals surface area contributed by atoms with Crippen molar-refractivity contribution in [2.75, 3.05) is 5.06 Å². The molecule has 4 nitrogen and oxygen atoms in total. The minimum atomic E-state index is -0.453. The SMILES string of the molecule is CC(C)ON(c1cc(F)cc(Cl)c1)c1ncc2ccccc2n1. The van der Waals surface area contributed by atoms with Gasteiger partial charge in [-0.15, -0.1) is 0 Å². The maximum absolute atomic E-state index is 13.7. The summed E-state index contributed by atoms with van der Waals surface area (Å²) in [5, 5.41) is 2.59. The monoisotopic (exact) mass is 331 g/mol. The zero-order chi connectivity index (χ0) is 16.4. The van der Waals surface area contributed by atoms with Gasteiger partial charge in [-0.1, -0.05) is 29.8 Å². The van der Waals surface area contributed by atoms with Gasteiger partial charge in [0.15, 0.2) is 0 Å². The van der Waals surface area contributed by atoms with Gasteiger partial charge < -0.3 is 0 Å². The molecule has 0 fully saturated rings. The Balaban J connectivity index is 2.09. The van der Waals surface area contributed by atoms with Gasteiger partial charge in [0, 0.05) is 22.7 Å². The summed E-state index contributed by atoms with van der Waals surface area (Å²) in [7, 11) is 0. The predicted octanol–water partition coefficient (Wildman–Crippen LogP) is 4.90. The third-order valence-electron chi connectivity index (χ3n) is 3.06. The molecule has 0 saturated carbocycles. The van der Waals surface area contributed by atoms with Crippen LogP contribution in [-0.2, 0) is 4.84 Å². The smallest absolute Gasteiger partial charge is 0.255 e. The maximum Gasteiger partial charge on any atom is 0.255 e. The summed E-state index contributed by atoms with van der Waals surface area (Å²) < 4.78 is 13.7.